The van der Waals surface area contributed by atoms with E-state index in [1.54, 1.807) is 0 Å². The summed E-state index contributed by atoms with van der Waals surface area (Å²) in [7, 11) is 0. The number of alkyl carbamates (subject to hydrolysis) is 1. The predicted molar refractivity (Wildman–Crippen MR) is 149 cm³/mol. The topological polar surface area (TPSA) is 91.0 Å². The minimum atomic E-state index is -0.323. The Hall–Kier alpha value is -3.23. The predicted octanol–water partition coefficient (Wildman–Crippen LogP) is 3.60. The number of benzene rings is 2. The molecule has 2 N–H and O–H groups in total. The van der Waals surface area contributed by atoms with Gasteiger partial charge >= 0.3 is 6.09 Å². The van der Waals surface area contributed by atoms with Gasteiger partial charge < -0.3 is 19.9 Å². The summed E-state index contributed by atoms with van der Waals surface area (Å²) in [4.78, 5) is 40.9. The molecule has 3 fully saturated rings. The van der Waals surface area contributed by atoms with Crippen LogP contribution in [0.3, 0.4) is 0 Å². The van der Waals surface area contributed by atoms with Gasteiger partial charge in [-0.15, -0.1) is 0 Å². The third-order valence-electron chi connectivity index (χ3n) is 8.48. The van der Waals surface area contributed by atoms with E-state index >= 15 is 0 Å². The van der Waals surface area contributed by atoms with E-state index in [0.29, 0.717) is 25.5 Å². The second-order valence-electron chi connectivity index (χ2n) is 11.1. The molecule has 1 atom stereocenters. The third kappa shape index (κ3) is 7.67. The van der Waals surface area contributed by atoms with Crippen LogP contribution >= 0.6 is 0 Å². The Kier molecular flexibility index (Phi) is 9.27. The van der Waals surface area contributed by atoms with Gasteiger partial charge in [0.25, 0.3) is 0 Å². The number of carbonyl (C=O) groups excluding carboxylic acids is 3. The zero-order valence-electron chi connectivity index (χ0n) is 22.6. The maximum Gasteiger partial charge on any atom is 0.407 e. The summed E-state index contributed by atoms with van der Waals surface area (Å²) >= 11 is 0. The fourth-order valence-electron chi connectivity index (χ4n) is 6.06. The van der Waals surface area contributed by atoms with E-state index in [2.05, 4.69) is 32.6 Å². The molecule has 2 aromatic rings. The van der Waals surface area contributed by atoms with Crippen molar-refractivity contribution in [3.05, 3.63) is 71.3 Å². The second-order valence-corrected chi connectivity index (χ2v) is 11.1. The lowest BCUT2D eigenvalue weighted by molar-refractivity contribution is -0.134. The first-order valence-corrected chi connectivity index (χ1v) is 14.4. The van der Waals surface area contributed by atoms with Crippen LogP contribution in [0.25, 0.3) is 0 Å². The number of likely N-dealkylation sites (tertiary alicyclic amines) is 2. The Morgan fingerprint density at radius 3 is 2.28 bits per heavy atom. The molecule has 3 amide bonds. The molecule has 3 aliphatic rings. The fraction of sp³-hybridized carbons (Fsp3) is 0.516. The van der Waals surface area contributed by atoms with Gasteiger partial charge in [0.1, 0.15) is 6.61 Å². The molecule has 208 valence electrons. The first-order valence-electron chi connectivity index (χ1n) is 14.4. The second kappa shape index (κ2) is 13.2. The van der Waals surface area contributed by atoms with Crippen molar-refractivity contribution in [3.63, 3.8) is 0 Å². The average Bonchev–Trinajstić information content (AvgIpc) is 2.97. The smallest absolute Gasteiger partial charge is 0.407 e. The number of amides is 3. The standard InChI is InChI=1S/C31H40N4O4/c36-29-11-10-28(30(37)33-29)25-8-6-23(7-9-25)12-17-34-18-15-27(16-19-34)35-20-13-26(14-21-35)32-31(38)39-22-24-4-2-1-3-5-24/h1-9,26-28H,10-22H2,(H,32,38)(H,33,36,37). The highest BCUT2D eigenvalue weighted by Crippen LogP contribution is 2.25. The van der Waals surface area contributed by atoms with Crippen LogP contribution in [0.1, 0.15) is 61.1 Å². The number of ether oxygens (including phenoxy) is 1. The van der Waals surface area contributed by atoms with Crippen molar-refractivity contribution < 1.29 is 19.1 Å². The molecule has 3 aliphatic heterocycles. The molecule has 8 heteroatoms. The van der Waals surface area contributed by atoms with Crippen molar-refractivity contribution in [2.45, 2.75) is 69.6 Å². The molecule has 0 spiro atoms. The molecule has 8 nitrogen and oxygen atoms in total. The van der Waals surface area contributed by atoms with Crippen molar-refractivity contribution in [2.75, 3.05) is 32.7 Å². The summed E-state index contributed by atoms with van der Waals surface area (Å²) in [5, 5.41) is 5.50. The number of hydrogen-bond acceptors (Lipinski definition) is 6. The Morgan fingerprint density at radius 2 is 1.59 bits per heavy atom. The van der Waals surface area contributed by atoms with Crippen LogP contribution in [0.2, 0.25) is 0 Å². The van der Waals surface area contributed by atoms with Crippen LogP contribution in [-0.4, -0.2) is 72.5 Å². The van der Waals surface area contributed by atoms with Crippen molar-refractivity contribution >= 4 is 17.9 Å². The molecular weight excluding hydrogens is 492 g/mol. The number of carbonyl (C=O) groups is 3. The molecular formula is C31H40N4O4. The van der Waals surface area contributed by atoms with E-state index in [1.165, 1.54) is 18.4 Å². The molecule has 1 unspecified atom stereocenters. The lowest BCUT2D eigenvalue weighted by atomic mass is 9.90. The zero-order chi connectivity index (χ0) is 27.0. The maximum absolute atomic E-state index is 12.2. The fourth-order valence-corrected chi connectivity index (χ4v) is 6.06. The summed E-state index contributed by atoms with van der Waals surface area (Å²) < 4.78 is 5.39. The molecule has 39 heavy (non-hydrogen) atoms. The van der Waals surface area contributed by atoms with Crippen LogP contribution in [0, 0.1) is 0 Å². The van der Waals surface area contributed by atoms with Gasteiger partial charge in [0.15, 0.2) is 0 Å². The van der Waals surface area contributed by atoms with E-state index in [0.717, 1.165) is 63.1 Å². The molecule has 0 saturated carbocycles. The quantitative estimate of drug-likeness (QED) is 0.505. The number of imide groups is 1. The third-order valence-corrected chi connectivity index (χ3v) is 8.48. The minimum Gasteiger partial charge on any atom is -0.445 e. The molecule has 5 rings (SSSR count). The van der Waals surface area contributed by atoms with Gasteiger partial charge in [0.05, 0.1) is 5.92 Å². The van der Waals surface area contributed by atoms with E-state index in [1.807, 2.05) is 42.5 Å². The Labute approximate surface area is 231 Å². The van der Waals surface area contributed by atoms with Gasteiger partial charge in [0, 0.05) is 38.1 Å². The van der Waals surface area contributed by atoms with Crippen molar-refractivity contribution in [2.24, 2.45) is 0 Å². The Bertz CT molecular complexity index is 1110. The number of nitrogens with zero attached hydrogens (tertiary/aromatic N) is 2. The van der Waals surface area contributed by atoms with Gasteiger partial charge in [-0.3, -0.25) is 14.9 Å². The zero-order valence-corrected chi connectivity index (χ0v) is 22.6. The van der Waals surface area contributed by atoms with E-state index in [9.17, 15) is 14.4 Å². The van der Waals surface area contributed by atoms with E-state index < -0.39 is 0 Å². The number of piperidine rings is 3. The molecule has 0 aliphatic carbocycles. The van der Waals surface area contributed by atoms with E-state index in [4.69, 9.17) is 4.74 Å². The highest BCUT2D eigenvalue weighted by atomic mass is 16.5. The molecule has 2 aromatic carbocycles. The van der Waals surface area contributed by atoms with Crippen molar-refractivity contribution in [1.29, 1.82) is 0 Å². The normalized spacial score (nSPS) is 21.9. The van der Waals surface area contributed by atoms with E-state index in [-0.39, 0.29) is 29.9 Å². The number of nitrogens with one attached hydrogen (secondary N) is 2. The van der Waals surface area contributed by atoms with Crippen molar-refractivity contribution in [1.82, 2.24) is 20.4 Å². The number of hydrogen-bond donors (Lipinski definition) is 2. The molecule has 0 radical (unpaired) electrons. The first-order chi connectivity index (χ1) is 19.0. The molecule has 0 aromatic heterocycles. The first kappa shape index (κ1) is 27.3. The summed E-state index contributed by atoms with van der Waals surface area (Å²) in [5.41, 5.74) is 3.27. The highest BCUT2D eigenvalue weighted by molar-refractivity contribution is 6.00. The van der Waals surface area contributed by atoms with Gasteiger partial charge in [0.2, 0.25) is 11.8 Å². The van der Waals surface area contributed by atoms with Crippen LogP contribution in [0.4, 0.5) is 4.79 Å². The average molecular weight is 533 g/mol. The SMILES string of the molecule is O=C1CCC(c2ccc(CCN3CCC(N4CCC(NC(=O)OCc5ccccc5)CC4)CC3)cc2)C(=O)N1. The van der Waals surface area contributed by atoms with Gasteiger partial charge in [-0.2, -0.15) is 0 Å². The maximum atomic E-state index is 12.2. The van der Waals surface area contributed by atoms with Crippen molar-refractivity contribution in [3.8, 4) is 0 Å². The van der Waals surface area contributed by atoms with Crippen LogP contribution < -0.4 is 10.6 Å². The molecule has 3 heterocycles. The van der Waals surface area contributed by atoms with Gasteiger partial charge in [-0.25, -0.2) is 4.79 Å². The Balaban J connectivity index is 0.971. The van der Waals surface area contributed by atoms with Crippen LogP contribution in [0.5, 0.6) is 0 Å². The van der Waals surface area contributed by atoms with Gasteiger partial charge in [-0.05, 0) is 68.3 Å². The summed E-state index contributed by atoms with van der Waals surface area (Å²) in [6.45, 7) is 5.62. The summed E-state index contributed by atoms with van der Waals surface area (Å²) in [6.07, 6.45) is 5.98. The number of rotatable bonds is 8. The lowest BCUT2D eigenvalue weighted by Gasteiger charge is -2.41. The minimum absolute atomic E-state index is 0.171. The van der Waals surface area contributed by atoms with Crippen LogP contribution in [-0.2, 0) is 27.4 Å². The van der Waals surface area contributed by atoms with Gasteiger partial charge in [-0.1, -0.05) is 54.6 Å². The summed E-state index contributed by atoms with van der Waals surface area (Å²) in [5.74, 6) is -0.566. The monoisotopic (exact) mass is 532 g/mol. The highest BCUT2D eigenvalue weighted by Gasteiger charge is 2.29. The summed E-state index contributed by atoms with van der Waals surface area (Å²) in [6, 6.07) is 18.9. The van der Waals surface area contributed by atoms with Crippen LogP contribution in [0.15, 0.2) is 54.6 Å². The Morgan fingerprint density at radius 1 is 0.872 bits per heavy atom. The molecule has 3 saturated heterocycles. The largest absolute Gasteiger partial charge is 0.445 e. The molecule has 0 bridgehead atoms. The lowest BCUT2D eigenvalue weighted by Crippen LogP contribution is -2.51.